The van der Waals surface area contributed by atoms with Gasteiger partial charge in [-0.3, -0.25) is 4.98 Å². The number of rotatable bonds is 5. The molecule has 7 heteroatoms. The van der Waals surface area contributed by atoms with E-state index in [-0.39, 0.29) is 16.9 Å². The lowest BCUT2D eigenvalue weighted by Gasteiger charge is -2.19. The molecular formula is C10H14Br2N2O2S. The van der Waals surface area contributed by atoms with E-state index in [1.165, 1.54) is 12.3 Å². The van der Waals surface area contributed by atoms with Crippen molar-refractivity contribution < 1.29 is 8.42 Å². The first kappa shape index (κ1) is 15.1. The van der Waals surface area contributed by atoms with Crippen LogP contribution >= 0.6 is 31.9 Å². The van der Waals surface area contributed by atoms with Crippen LogP contribution in [0, 0.1) is 5.92 Å². The highest BCUT2D eigenvalue weighted by Crippen LogP contribution is 2.16. The van der Waals surface area contributed by atoms with Gasteiger partial charge in [-0.1, -0.05) is 22.9 Å². The van der Waals surface area contributed by atoms with Crippen molar-refractivity contribution in [3.63, 3.8) is 0 Å². The Morgan fingerprint density at radius 1 is 1.41 bits per heavy atom. The molecule has 0 saturated carbocycles. The summed E-state index contributed by atoms with van der Waals surface area (Å²) in [5.41, 5.74) is 0. The van der Waals surface area contributed by atoms with Crippen LogP contribution in [0.1, 0.15) is 13.8 Å². The summed E-state index contributed by atoms with van der Waals surface area (Å²) in [7, 11) is -3.50. The molecule has 17 heavy (non-hydrogen) atoms. The van der Waals surface area contributed by atoms with Gasteiger partial charge < -0.3 is 0 Å². The van der Waals surface area contributed by atoms with Crippen LogP contribution in [0.3, 0.4) is 0 Å². The second-order valence-electron chi connectivity index (χ2n) is 3.88. The molecule has 96 valence electrons. The lowest BCUT2D eigenvalue weighted by Crippen LogP contribution is -2.37. The van der Waals surface area contributed by atoms with Gasteiger partial charge in [0.05, 0.1) is 0 Å². The van der Waals surface area contributed by atoms with E-state index in [4.69, 9.17) is 0 Å². The lowest BCUT2D eigenvalue weighted by molar-refractivity contribution is 0.484. The van der Waals surface area contributed by atoms with Crippen molar-refractivity contribution in [1.29, 1.82) is 0 Å². The van der Waals surface area contributed by atoms with E-state index in [0.29, 0.717) is 4.47 Å². The molecule has 2 atom stereocenters. The minimum Gasteiger partial charge on any atom is -0.262 e. The fourth-order valence-corrected chi connectivity index (χ4v) is 3.52. The van der Waals surface area contributed by atoms with E-state index in [1.54, 1.807) is 6.20 Å². The number of nitrogens with zero attached hydrogens (tertiary/aromatic N) is 1. The smallest absolute Gasteiger partial charge is 0.242 e. The van der Waals surface area contributed by atoms with Crippen molar-refractivity contribution in [1.82, 2.24) is 9.71 Å². The van der Waals surface area contributed by atoms with Crippen molar-refractivity contribution >= 4 is 41.9 Å². The van der Waals surface area contributed by atoms with Crippen LogP contribution in [-0.4, -0.2) is 24.8 Å². The van der Waals surface area contributed by atoms with Crippen LogP contribution in [0.15, 0.2) is 27.8 Å². The highest BCUT2D eigenvalue weighted by Gasteiger charge is 2.21. The number of aromatic nitrogens is 1. The molecule has 4 nitrogen and oxygen atoms in total. The molecule has 0 fully saturated rings. The van der Waals surface area contributed by atoms with Crippen molar-refractivity contribution in [2.75, 3.05) is 5.33 Å². The molecule has 1 aromatic rings. The van der Waals surface area contributed by atoms with E-state index < -0.39 is 10.0 Å². The van der Waals surface area contributed by atoms with Crippen LogP contribution < -0.4 is 4.72 Å². The van der Waals surface area contributed by atoms with Crippen molar-refractivity contribution in [2.24, 2.45) is 5.92 Å². The zero-order chi connectivity index (χ0) is 13.1. The summed E-state index contributed by atoms with van der Waals surface area (Å²) in [6, 6.07) is 1.39. The molecule has 1 aromatic heterocycles. The summed E-state index contributed by atoms with van der Waals surface area (Å²) in [6.45, 7) is 3.82. The number of alkyl halides is 1. The molecule has 1 heterocycles. The molecule has 0 aliphatic carbocycles. The molecule has 1 rings (SSSR count). The van der Waals surface area contributed by atoms with Crippen LogP contribution in [0.4, 0.5) is 0 Å². The van der Waals surface area contributed by atoms with E-state index in [1.807, 2.05) is 13.8 Å². The molecule has 0 radical (unpaired) electrons. The SMILES string of the molecule is CC(CBr)C(C)NS(=O)(=O)c1cncc(Br)c1. The summed E-state index contributed by atoms with van der Waals surface area (Å²) in [4.78, 5) is 4.01. The molecule has 0 spiro atoms. The van der Waals surface area contributed by atoms with Crippen LogP contribution in [0.25, 0.3) is 0 Å². The number of sulfonamides is 1. The van der Waals surface area contributed by atoms with Gasteiger partial charge >= 0.3 is 0 Å². The molecular weight excluding hydrogens is 372 g/mol. The highest BCUT2D eigenvalue weighted by molar-refractivity contribution is 9.10. The maximum absolute atomic E-state index is 12.0. The van der Waals surface area contributed by atoms with Gasteiger partial charge in [0.2, 0.25) is 10.0 Å². The Balaban J connectivity index is 2.89. The summed E-state index contributed by atoms with van der Waals surface area (Å²) >= 11 is 6.54. The summed E-state index contributed by atoms with van der Waals surface area (Å²) in [5.74, 6) is 0.213. The average Bonchev–Trinajstić information content (AvgIpc) is 2.27. The third kappa shape index (κ3) is 4.31. The summed E-state index contributed by atoms with van der Waals surface area (Å²) in [6.07, 6.45) is 2.88. The van der Waals surface area contributed by atoms with E-state index >= 15 is 0 Å². The van der Waals surface area contributed by atoms with Gasteiger partial charge in [-0.15, -0.1) is 0 Å². The normalized spacial score (nSPS) is 15.5. The number of hydrogen-bond donors (Lipinski definition) is 1. The van der Waals surface area contributed by atoms with Gasteiger partial charge in [0.1, 0.15) is 4.90 Å². The number of pyridine rings is 1. The van der Waals surface area contributed by atoms with Crippen molar-refractivity contribution in [3.8, 4) is 0 Å². The number of hydrogen-bond acceptors (Lipinski definition) is 3. The molecule has 0 bridgehead atoms. The van der Waals surface area contributed by atoms with Crippen LogP contribution in [-0.2, 0) is 10.0 Å². The Morgan fingerprint density at radius 3 is 2.59 bits per heavy atom. The first-order valence-electron chi connectivity index (χ1n) is 5.05. The lowest BCUT2D eigenvalue weighted by atomic mass is 10.1. The Kier molecular flexibility index (Phi) is 5.56. The Hall–Kier alpha value is 0.0200. The molecule has 0 aromatic carbocycles. The van der Waals surface area contributed by atoms with E-state index in [9.17, 15) is 8.42 Å². The van der Waals surface area contributed by atoms with Gasteiger partial charge in [0.25, 0.3) is 0 Å². The van der Waals surface area contributed by atoms with Crippen LogP contribution in [0.5, 0.6) is 0 Å². The Morgan fingerprint density at radius 2 is 2.06 bits per heavy atom. The molecule has 0 aliphatic heterocycles. The maximum Gasteiger partial charge on any atom is 0.242 e. The second-order valence-corrected chi connectivity index (χ2v) is 7.16. The number of halogens is 2. The quantitative estimate of drug-likeness (QED) is 0.792. The highest BCUT2D eigenvalue weighted by atomic mass is 79.9. The Labute approximate surface area is 119 Å². The first-order valence-corrected chi connectivity index (χ1v) is 8.45. The predicted molar refractivity (Wildman–Crippen MR) is 74.7 cm³/mol. The largest absolute Gasteiger partial charge is 0.262 e. The van der Waals surface area contributed by atoms with Crippen LogP contribution in [0.2, 0.25) is 0 Å². The molecule has 0 saturated heterocycles. The zero-order valence-corrected chi connectivity index (χ0v) is 13.5. The van der Waals surface area contributed by atoms with E-state index in [0.717, 1.165) is 5.33 Å². The topological polar surface area (TPSA) is 59.1 Å². The van der Waals surface area contributed by atoms with Crippen molar-refractivity contribution in [2.45, 2.75) is 24.8 Å². The predicted octanol–water partition coefficient (Wildman–Crippen LogP) is 2.54. The molecule has 2 unspecified atom stereocenters. The monoisotopic (exact) mass is 384 g/mol. The van der Waals surface area contributed by atoms with Gasteiger partial charge in [0, 0.05) is 28.2 Å². The molecule has 0 amide bonds. The average molecular weight is 386 g/mol. The third-order valence-corrected chi connectivity index (χ3v) is 5.41. The van der Waals surface area contributed by atoms with Crippen molar-refractivity contribution in [3.05, 3.63) is 22.9 Å². The zero-order valence-electron chi connectivity index (χ0n) is 9.52. The maximum atomic E-state index is 12.0. The first-order chi connectivity index (χ1) is 7.86. The molecule has 0 aliphatic rings. The minimum absolute atomic E-state index is 0.140. The van der Waals surface area contributed by atoms with Gasteiger partial charge in [-0.05, 0) is 34.8 Å². The number of nitrogens with one attached hydrogen (secondary N) is 1. The van der Waals surface area contributed by atoms with Gasteiger partial charge in [0.15, 0.2) is 0 Å². The Bertz CT molecular complexity index is 479. The van der Waals surface area contributed by atoms with Gasteiger partial charge in [-0.2, -0.15) is 0 Å². The molecule has 1 N–H and O–H groups in total. The summed E-state index contributed by atoms with van der Waals surface area (Å²) < 4.78 is 27.3. The summed E-state index contributed by atoms with van der Waals surface area (Å²) in [5, 5.41) is 0.743. The minimum atomic E-state index is -3.50. The standard InChI is InChI=1S/C10H14Br2N2O2S/c1-7(4-11)8(2)14-17(15,16)10-3-9(12)5-13-6-10/h3,5-8,14H,4H2,1-2H3. The fraction of sp³-hybridized carbons (Fsp3) is 0.500. The van der Waals surface area contributed by atoms with Gasteiger partial charge in [-0.25, -0.2) is 13.1 Å². The van der Waals surface area contributed by atoms with E-state index in [2.05, 4.69) is 41.6 Å². The fourth-order valence-electron chi connectivity index (χ4n) is 1.10. The third-order valence-electron chi connectivity index (χ3n) is 2.43. The second kappa shape index (κ2) is 6.26.